The van der Waals surface area contributed by atoms with Crippen molar-refractivity contribution in [2.45, 2.75) is 56.8 Å². The molecule has 1 aliphatic carbocycles. The Kier molecular flexibility index (Phi) is 3.85. The summed E-state index contributed by atoms with van der Waals surface area (Å²) >= 11 is 0. The molecule has 2 fully saturated rings. The Morgan fingerprint density at radius 1 is 1.15 bits per heavy atom. The van der Waals surface area contributed by atoms with E-state index in [1.54, 1.807) is 0 Å². The van der Waals surface area contributed by atoms with E-state index in [2.05, 4.69) is 25.1 Å². The van der Waals surface area contributed by atoms with E-state index >= 15 is 0 Å². The summed E-state index contributed by atoms with van der Waals surface area (Å²) in [7, 11) is 0. The lowest BCUT2D eigenvalue weighted by Crippen LogP contribution is -2.45. The fourth-order valence-corrected chi connectivity index (χ4v) is 3.71. The average Bonchev–Trinajstić information content (AvgIpc) is 2.87. The van der Waals surface area contributed by atoms with Crippen LogP contribution in [0.2, 0.25) is 0 Å². The van der Waals surface area contributed by atoms with Gasteiger partial charge in [0.05, 0.1) is 18.8 Å². The summed E-state index contributed by atoms with van der Waals surface area (Å²) in [6, 6.07) is 8.27. The summed E-state index contributed by atoms with van der Waals surface area (Å²) in [4.78, 5) is 0. The molecule has 2 aliphatic rings. The van der Waals surface area contributed by atoms with Crippen molar-refractivity contribution in [3.05, 3.63) is 35.4 Å². The first-order valence-corrected chi connectivity index (χ1v) is 7.76. The zero-order chi connectivity index (χ0) is 14.1. The molecule has 20 heavy (non-hydrogen) atoms. The third-order valence-electron chi connectivity index (χ3n) is 4.56. The van der Waals surface area contributed by atoms with Gasteiger partial charge in [-0.25, -0.2) is 0 Å². The molecule has 0 amide bonds. The zero-order valence-corrected chi connectivity index (χ0v) is 12.2. The number of hydrogen-bond donors (Lipinski definition) is 1. The van der Waals surface area contributed by atoms with Gasteiger partial charge in [-0.05, 0) is 30.4 Å². The van der Waals surface area contributed by atoms with E-state index in [9.17, 15) is 5.11 Å². The van der Waals surface area contributed by atoms with E-state index < -0.39 is 11.4 Å². The zero-order valence-electron chi connectivity index (χ0n) is 12.2. The highest BCUT2D eigenvalue weighted by atomic mass is 16.7. The summed E-state index contributed by atoms with van der Waals surface area (Å²) in [6.45, 7) is 3.46. The molecular formula is C17H24O3. The molecule has 0 bridgehead atoms. The van der Waals surface area contributed by atoms with Crippen LogP contribution in [0.5, 0.6) is 0 Å². The number of ether oxygens (including phenoxy) is 2. The molecule has 1 unspecified atom stereocenters. The third-order valence-corrected chi connectivity index (χ3v) is 4.56. The molecule has 1 aromatic carbocycles. The van der Waals surface area contributed by atoms with E-state index in [-0.39, 0.29) is 0 Å². The molecule has 3 rings (SSSR count). The molecule has 0 radical (unpaired) electrons. The molecule has 1 saturated carbocycles. The Balaban J connectivity index is 1.91. The smallest absolute Gasteiger partial charge is 0.171 e. The lowest BCUT2D eigenvalue weighted by Gasteiger charge is -2.42. The molecule has 3 heteroatoms. The Labute approximate surface area is 120 Å². The Hall–Kier alpha value is -0.900. The lowest BCUT2D eigenvalue weighted by atomic mass is 9.74. The number of aliphatic hydroxyl groups is 1. The van der Waals surface area contributed by atoms with E-state index in [1.165, 1.54) is 5.56 Å². The maximum absolute atomic E-state index is 11.2. The van der Waals surface area contributed by atoms with Gasteiger partial charge in [0.2, 0.25) is 0 Å². The van der Waals surface area contributed by atoms with E-state index in [0.29, 0.717) is 19.6 Å². The standard InChI is InChI=1S/C17H24O3/c1-2-6-14-7-3-4-8-15(14)16(18)9-5-10-17(13-16)19-11-12-20-17/h3-4,7-8,18H,2,5-6,9-13H2,1H3. The van der Waals surface area contributed by atoms with Gasteiger partial charge in [0.25, 0.3) is 0 Å². The predicted octanol–water partition coefficient (Wildman–Crippen LogP) is 3.14. The topological polar surface area (TPSA) is 38.7 Å². The van der Waals surface area contributed by atoms with Gasteiger partial charge in [-0.15, -0.1) is 0 Å². The number of aryl methyl sites for hydroxylation is 1. The van der Waals surface area contributed by atoms with Gasteiger partial charge in [-0.3, -0.25) is 0 Å². The Morgan fingerprint density at radius 2 is 1.90 bits per heavy atom. The van der Waals surface area contributed by atoms with Crippen molar-refractivity contribution < 1.29 is 14.6 Å². The first-order chi connectivity index (χ1) is 9.68. The van der Waals surface area contributed by atoms with Crippen LogP contribution >= 0.6 is 0 Å². The number of rotatable bonds is 3. The van der Waals surface area contributed by atoms with Crippen LogP contribution in [0.15, 0.2) is 24.3 Å². The molecule has 1 saturated heterocycles. The normalized spacial score (nSPS) is 28.9. The maximum Gasteiger partial charge on any atom is 0.171 e. The van der Waals surface area contributed by atoms with Crippen LogP contribution in [0.1, 0.15) is 50.2 Å². The second kappa shape index (κ2) is 5.47. The van der Waals surface area contributed by atoms with E-state index in [1.807, 2.05) is 6.07 Å². The van der Waals surface area contributed by atoms with Gasteiger partial charge >= 0.3 is 0 Å². The first kappa shape index (κ1) is 14.1. The van der Waals surface area contributed by atoms with Crippen molar-refractivity contribution in [3.8, 4) is 0 Å². The molecule has 1 atom stereocenters. The molecule has 1 spiro atoms. The number of benzene rings is 1. The van der Waals surface area contributed by atoms with Crippen LogP contribution < -0.4 is 0 Å². The fourth-order valence-electron chi connectivity index (χ4n) is 3.71. The van der Waals surface area contributed by atoms with Crippen LogP contribution in [0, 0.1) is 0 Å². The van der Waals surface area contributed by atoms with Crippen molar-refractivity contribution in [1.29, 1.82) is 0 Å². The monoisotopic (exact) mass is 276 g/mol. The second-order valence-corrected chi connectivity index (χ2v) is 6.08. The summed E-state index contributed by atoms with van der Waals surface area (Å²) in [5.41, 5.74) is 1.52. The Bertz CT molecular complexity index is 465. The average molecular weight is 276 g/mol. The lowest BCUT2D eigenvalue weighted by molar-refractivity contribution is -0.220. The van der Waals surface area contributed by atoms with Crippen molar-refractivity contribution in [2.24, 2.45) is 0 Å². The van der Waals surface area contributed by atoms with Crippen LogP contribution in [0.25, 0.3) is 0 Å². The van der Waals surface area contributed by atoms with Gasteiger partial charge in [0.15, 0.2) is 5.79 Å². The van der Waals surface area contributed by atoms with Crippen molar-refractivity contribution >= 4 is 0 Å². The summed E-state index contributed by atoms with van der Waals surface area (Å²) in [5, 5.41) is 11.2. The highest BCUT2D eigenvalue weighted by molar-refractivity contribution is 5.33. The van der Waals surface area contributed by atoms with Crippen molar-refractivity contribution in [1.82, 2.24) is 0 Å². The minimum atomic E-state index is -0.811. The quantitative estimate of drug-likeness (QED) is 0.921. The van der Waals surface area contributed by atoms with Gasteiger partial charge in [-0.2, -0.15) is 0 Å². The van der Waals surface area contributed by atoms with Gasteiger partial charge in [0.1, 0.15) is 0 Å². The molecule has 3 nitrogen and oxygen atoms in total. The van der Waals surface area contributed by atoms with E-state index in [4.69, 9.17) is 9.47 Å². The summed E-state index contributed by atoms with van der Waals surface area (Å²) in [5.74, 6) is -0.549. The molecule has 1 aromatic rings. The highest BCUT2D eigenvalue weighted by Gasteiger charge is 2.48. The molecule has 110 valence electrons. The minimum absolute atomic E-state index is 0.549. The van der Waals surface area contributed by atoms with Crippen molar-refractivity contribution in [3.63, 3.8) is 0 Å². The highest BCUT2D eigenvalue weighted by Crippen LogP contribution is 2.46. The van der Waals surface area contributed by atoms with Gasteiger partial charge in [-0.1, -0.05) is 37.6 Å². The molecule has 1 N–H and O–H groups in total. The van der Waals surface area contributed by atoms with Gasteiger partial charge < -0.3 is 14.6 Å². The van der Waals surface area contributed by atoms with Crippen LogP contribution in [0.3, 0.4) is 0 Å². The summed E-state index contributed by atoms with van der Waals surface area (Å²) < 4.78 is 11.6. The first-order valence-electron chi connectivity index (χ1n) is 7.76. The second-order valence-electron chi connectivity index (χ2n) is 6.08. The Morgan fingerprint density at radius 3 is 2.65 bits per heavy atom. The van der Waals surface area contributed by atoms with Crippen LogP contribution in [-0.4, -0.2) is 24.1 Å². The molecule has 1 aliphatic heterocycles. The third kappa shape index (κ3) is 2.50. The summed E-state index contributed by atoms with van der Waals surface area (Å²) in [6.07, 6.45) is 5.28. The largest absolute Gasteiger partial charge is 0.385 e. The van der Waals surface area contributed by atoms with Crippen LogP contribution in [0.4, 0.5) is 0 Å². The molecular weight excluding hydrogens is 252 g/mol. The van der Waals surface area contributed by atoms with Crippen molar-refractivity contribution in [2.75, 3.05) is 13.2 Å². The van der Waals surface area contributed by atoms with Crippen LogP contribution in [-0.2, 0) is 21.5 Å². The number of hydrogen-bond acceptors (Lipinski definition) is 3. The maximum atomic E-state index is 11.2. The molecule has 1 heterocycles. The van der Waals surface area contributed by atoms with Gasteiger partial charge in [0, 0.05) is 12.8 Å². The van der Waals surface area contributed by atoms with E-state index in [0.717, 1.165) is 37.7 Å². The minimum Gasteiger partial charge on any atom is -0.385 e. The molecule has 0 aromatic heterocycles. The fraction of sp³-hybridized carbons (Fsp3) is 0.647. The SMILES string of the molecule is CCCc1ccccc1C1(O)CCCC2(C1)OCCO2. The predicted molar refractivity (Wildman–Crippen MR) is 77.4 cm³/mol.